The molecule has 1 heterocycles. The largest absolute Gasteiger partial charge is 0.454 e. The maximum atomic E-state index is 14.8. The fourth-order valence-corrected chi connectivity index (χ4v) is 4.52. The summed E-state index contributed by atoms with van der Waals surface area (Å²) < 4.78 is 32.3. The van der Waals surface area contributed by atoms with Gasteiger partial charge in [-0.3, -0.25) is 0 Å². The van der Waals surface area contributed by atoms with Crippen LogP contribution in [0, 0.1) is 0 Å². The van der Waals surface area contributed by atoms with Gasteiger partial charge in [-0.1, -0.05) is 53.1 Å². The molecule has 1 rings (SSSR count). The van der Waals surface area contributed by atoms with Crippen molar-refractivity contribution in [2.24, 2.45) is 0 Å². The smallest absolute Gasteiger partial charge is 0.363 e. The van der Waals surface area contributed by atoms with Crippen molar-refractivity contribution in [3.05, 3.63) is 0 Å². The highest BCUT2D eigenvalue weighted by molar-refractivity contribution is 6.74. The average molecular weight is 413 g/mol. The van der Waals surface area contributed by atoms with Crippen LogP contribution in [0.3, 0.4) is 0 Å². The summed E-state index contributed by atoms with van der Waals surface area (Å²) in [5.41, 5.74) is 0. The van der Waals surface area contributed by atoms with Gasteiger partial charge >= 0.3 is 11.1 Å². The molecular weight excluding hydrogens is 379 g/mol. The molecule has 0 aromatic rings. The van der Waals surface area contributed by atoms with E-state index in [1.807, 2.05) is 33.9 Å². The minimum atomic E-state index is -2.67. The molecule has 1 saturated heterocycles. The molecule has 0 aliphatic carbocycles. The van der Waals surface area contributed by atoms with E-state index in [0.29, 0.717) is 0 Å². The third-order valence-electron chi connectivity index (χ3n) is 5.87. The van der Waals surface area contributed by atoms with E-state index in [2.05, 4.69) is 33.9 Å². The first kappa shape index (κ1) is 23.1. The van der Waals surface area contributed by atoms with Gasteiger partial charge in [0.1, 0.15) is 6.10 Å². The van der Waals surface area contributed by atoms with Crippen LogP contribution in [0.1, 0.15) is 41.5 Å². The van der Waals surface area contributed by atoms with Crippen molar-refractivity contribution in [1.29, 1.82) is 0 Å². The monoisotopic (exact) mass is 412 g/mol. The first-order chi connectivity index (χ1) is 10.8. The fourth-order valence-electron chi connectivity index (χ4n) is 1.90. The van der Waals surface area contributed by atoms with Gasteiger partial charge in [-0.25, -0.2) is 9.18 Å². The number of esters is 1. The molecule has 3 atom stereocenters. The highest BCUT2D eigenvalue weighted by Crippen LogP contribution is 2.44. The number of alkyl halides is 2. The Morgan fingerprint density at radius 3 is 1.92 bits per heavy atom. The van der Waals surface area contributed by atoms with Crippen molar-refractivity contribution in [1.82, 2.24) is 0 Å². The summed E-state index contributed by atoms with van der Waals surface area (Å²) in [6.07, 6.45) is -1.99. The van der Waals surface area contributed by atoms with Gasteiger partial charge in [0.25, 0.3) is 0 Å². The summed E-state index contributed by atoms with van der Waals surface area (Å²) in [4.78, 5) is 11.9. The molecule has 0 unspecified atom stereocenters. The third-order valence-corrected chi connectivity index (χ3v) is 15.2. The van der Waals surface area contributed by atoms with E-state index in [-0.39, 0.29) is 16.7 Å². The molecule has 0 aromatic heterocycles. The molecule has 25 heavy (non-hydrogen) atoms. The molecule has 1 aliphatic rings. The predicted octanol–water partition coefficient (Wildman–Crippen LogP) is 5.23. The first-order valence-electron chi connectivity index (χ1n) is 8.73. The van der Waals surface area contributed by atoms with Crippen LogP contribution in [-0.2, 0) is 18.4 Å². The van der Waals surface area contributed by atoms with E-state index in [9.17, 15) is 9.18 Å². The van der Waals surface area contributed by atoms with Crippen LogP contribution < -0.4 is 0 Å². The lowest BCUT2D eigenvalue weighted by Gasteiger charge is -2.41. The molecule has 0 bridgehead atoms. The Balaban J connectivity index is 3.00. The van der Waals surface area contributed by atoms with Gasteiger partial charge in [0.15, 0.2) is 22.7 Å². The number of carbonyl (C=O) groups is 1. The van der Waals surface area contributed by atoms with Gasteiger partial charge in [-0.2, -0.15) is 0 Å². The molecule has 1 fully saturated rings. The second-order valence-corrected chi connectivity index (χ2v) is 20.1. The third kappa shape index (κ3) is 4.86. The van der Waals surface area contributed by atoms with Crippen molar-refractivity contribution in [3.8, 4) is 0 Å². The van der Waals surface area contributed by atoms with Gasteiger partial charge in [-0.05, 0) is 36.3 Å². The number of hydrogen-bond acceptors (Lipinski definition) is 4. The molecule has 0 saturated carbocycles. The van der Waals surface area contributed by atoms with Crippen LogP contribution in [0.2, 0.25) is 36.3 Å². The van der Waals surface area contributed by atoms with Crippen LogP contribution >= 0.6 is 11.6 Å². The molecule has 148 valence electrons. The Morgan fingerprint density at radius 1 is 1.08 bits per heavy atom. The number of hydrogen-bond donors (Lipinski definition) is 0. The average Bonchev–Trinajstić information content (AvgIpc) is 2.57. The van der Waals surface area contributed by atoms with Crippen LogP contribution in [0.25, 0.3) is 0 Å². The Labute approximate surface area is 159 Å². The van der Waals surface area contributed by atoms with E-state index < -0.39 is 39.9 Å². The summed E-state index contributed by atoms with van der Waals surface area (Å²) >= 11 is 5.89. The Kier molecular flexibility index (Phi) is 6.36. The maximum absolute atomic E-state index is 14.8. The lowest BCUT2D eigenvalue weighted by Crippen LogP contribution is -2.52. The zero-order chi connectivity index (χ0) is 20.1. The SMILES string of the molecule is CC(C)(C)[Si](C)(C)OC[C@H]1OC(=O)[C@@](F)(Cl)[C@@H]1O[Si](C)(C)C(C)(C)C. The topological polar surface area (TPSA) is 44.8 Å². The first-order valence-corrected chi connectivity index (χ1v) is 14.9. The van der Waals surface area contributed by atoms with E-state index in [1.165, 1.54) is 0 Å². The van der Waals surface area contributed by atoms with Crippen molar-refractivity contribution >= 4 is 34.2 Å². The molecule has 0 spiro atoms. The highest BCUT2D eigenvalue weighted by atomic mass is 35.5. The predicted molar refractivity (Wildman–Crippen MR) is 105 cm³/mol. The molecule has 0 aromatic carbocycles. The Morgan fingerprint density at radius 2 is 1.52 bits per heavy atom. The minimum Gasteiger partial charge on any atom is -0.454 e. The summed E-state index contributed by atoms with van der Waals surface area (Å²) in [6.45, 7) is 20.8. The molecule has 0 radical (unpaired) electrons. The van der Waals surface area contributed by atoms with Gasteiger partial charge in [0.2, 0.25) is 0 Å². The zero-order valence-corrected chi connectivity index (χ0v) is 20.0. The lowest BCUT2D eigenvalue weighted by atomic mass is 10.2. The molecule has 0 N–H and O–H groups in total. The molecule has 1 aliphatic heterocycles. The second kappa shape index (κ2) is 6.89. The zero-order valence-electron chi connectivity index (χ0n) is 17.3. The lowest BCUT2D eigenvalue weighted by molar-refractivity contribution is -0.147. The highest BCUT2D eigenvalue weighted by Gasteiger charge is 2.61. The van der Waals surface area contributed by atoms with Gasteiger partial charge in [0.05, 0.1) is 6.61 Å². The molecule has 0 amide bonds. The van der Waals surface area contributed by atoms with Crippen LogP contribution in [0.15, 0.2) is 0 Å². The van der Waals surface area contributed by atoms with E-state index in [0.717, 1.165) is 0 Å². The van der Waals surface area contributed by atoms with E-state index >= 15 is 0 Å². The second-order valence-electron chi connectivity index (χ2n) is 9.94. The summed E-state index contributed by atoms with van der Waals surface area (Å²) in [6, 6.07) is 0. The van der Waals surface area contributed by atoms with Crippen molar-refractivity contribution in [2.45, 2.75) is 95.1 Å². The fraction of sp³-hybridized carbons (Fsp3) is 0.941. The summed E-state index contributed by atoms with van der Waals surface area (Å²) in [5.74, 6) is -1.08. The Hall–Kier alpha value is 0.0438. The van der Waals surface area contributed by atoms with Crippen molar-refractivity contribution in [2.75, 3.05) is 6.61 Å². The standard InChI is InChI=1S/C17H34ClFO4Si2/c1-15(2,3)24(7,8)21-11-12-13(17(18,19)14(20)22-12)23-25(9,10)16(4,5)6/h12-13H,11H2,1-10H3/t12-,13-,17-/m1/s1. The van der Waals surface area contributed by atoms with E-state index in [1.54, 1.807) is 0 Å². The quantitative estimate of drug-likeness (QED) is 0.352. The van der Waals surface area contributed by atoms with Gasteiger partial charge in [0, 0.05) is 0 Å². The minimum absolute atomic E-state index is 0.000828. The number of cyclic esters (lactones) is 1. The van der Waals surface area contributed by atoms with Crippen LogP contribution in [0.4, 0.5) is 4.39 Å². The maximum Gasteiger partial charge on any atom is 0.363 e. The normalized spacial score (nSPS) is 29.0. The Bertz CT molecular complexity index is 510. The van der Waals surface area contributed by atoms with Gasteiger partial charge in [-0.15, -0.1) is 0 Å². The van der Waals surface area contributed by atoms with Crippen molar-refractivity contribution in [3.63, 3.8) is 0 Å². The molecular formula is C17H34ClFO4Si2. The molecule has 8 heteroatoms. The van der Waals surface area contributed by atoms with Crippen LogP contribution in [-0.4, -0.2) is 46.5 Å². The molecule has 4 nitrogen and oxygen atoms in total. The van der Waals surface area contributed by atoms with E-state index in [4.69, 9.17) is 25.2 Å². The van der Waals surface area contributed by atoms with Crippen LogP contribution in [0.5, 0.6) is 0 Å². The van der Waals surface area contributed by atoms with Crippen molar-refractivity contribution < 1.29 is 22.8 Å². The number of halogens is 2. The number of carbonyl (C=O) groups excluding carboxylic acids is 1. The number of ether oxygens (including phenoxy) is 1. The number of rotatable bonds is 5. The summed E-state index contributed by atoms with van der Waals surface area (Å²) in [7, 11) is -4.41. The van der Waals surface area contributed by atoms with Gasteiger partial charge < -0.3 is 13.6 Å². The summed E-state index contributed by atoms with van der Waals surface area (Å²) in [5, 5.41) is -2.81.